The maximum absolute atomic E-state index is 6.10. The van der Waals surface area contributed by atoms with Crippen molar-refractivity contribution in [1.82, 2.24) is 14.1 Å². The Bertz CT molecular complexity index is 2500. The zero-order valence-electron chi connectivity index (χ0n) is 25.7. The number of fused-ring (bicyclic) bond motifs is 6. The summed E-state index contributed by atoms with van der Waals surface area (Å²) in [6.45, 7) is 4.55. The third-order valence-corrected chi connectivity index (χ3v) is 9.09. The Balaban J connectivity index is 1.32. The van der Waals surface area contributed by atoms with Crippen molar-refractivity contribution in [2.24, 2.45) is 0 Å². The van der Waals surface area contributed by atoms with Crippen LogP contribution < -0.4 is 0 Å². The zero-order chi connectivity index (χ0) is 30.8. The van der Waals surface area contributed by atoms with Crippen LogP contribution in [0.3, 0.4) is 0 Å². The first kappa shape index (κ1) is 26.5. The van der Waals surface area contributed by atoms with Gasteiger partial charge in [0.1, 0.15) is 11.2 Å². The second kappa shape index (κ2) is 10.4. The molecule has 0 fully saturated rings. The standard InChI is InChI=1S/C42H31N3O/c1-27(2)44-37-23-19-31(28-11-5-3-6-12-28)25-34(37)40-35-26-32(29-13-7-4-8-14-29)20-24-38(35)45(42(40)44)33-21-17-30(18-22-33)41-43-36-15-9-10-16-39(36)46-41/h3-27H,1-2H3. The lowest BCUT2D eigenvalue weighted by molar-refractivity contribution is 0.620. The first-order chi connectivity index (χ1) is 22.6. The average molecular weight is 594 g/mol. The Labute approximate surface area is 266 Å². The summed E-state index contributed by atoms with van der Waals surface area (Å²) in [4.78, 5) is 4.74. The monoisotopic (exact) mass is 593 g/mol. The van der Waals surface area contributed by atoms with E-state index in [1.807, 2.05) is 24.3 Å². The van der Waals surface area contributed by atoms with Gasteiger partial charge in [-0.25, -0.2) is 4.98 Å². The smallest absolute Gasteiger partial charge is 0.227 e. The molecule has 0 unspecified atom stereocenters. The van der Waals surface area contributed by atoms with Gasteiger partial charge in [0.15, 0.2) is 5.58 Å². The highest BCUT2D eigenvalue weighted by atomic mass is 16.3. The predicted octanol–water partition coefficient (Wildman–Crippen LogP) is 11.5. The minimum absolute atomic E-state index is 0.248. The van der Waals surface area contributed by atoms with Gasteiger partial charge >= 0.3 is 0 Å². The zero-order valence-corrected chi connectivity index (χ0v) is 25.7. The summed E-state index contributed by atoms with van der Waals surface area (Å²) >= 11 is 0. The fourth-order valence-electron chi connectivity index (χ4n) is 6.98. The first-order valence-electron chi connectivity index (χ1n) is 15.8. The Morgan fingerprint density at radius 1 is 0.543 bits per heavy atom. The fourth-order valence-corrected chi connectivity index (χ4v) is 6.98. The minimum atomic E-state index is 0.248. The van der Waals surface area contributed by atoms with E-state index in [1.165, 1.54) is 55.1 Å². The number of benzene rings is 6. The Morgan fingerprint density at radius 3 is 1.74 bits per heavy atom. The van der Waals surface area contributed by atoms with Crippen LogP contribution >= 0.6 is 0 Å². The lowest BCUT2D eigenvalue weighted by Crippen LogP contribution is -2.05. The molecule has 0 radical (unpaired) electrons. The van der Waals surface area contributed by atoms with Gasteiger partial charge in [-0.15, -0.1) is 0 Å². The van der Waals surface area contributed by atoms with Crippen molar-refractivity contribution in [3.8, 4) is 39.4 Å². The third kappa shape index (κ3) is 4.11. The second-order valence-electron chi connectivity index (χ2n) is 12.2. The molecule has 9 aromatic rings. The molecule has 46 heavy (non-hydrogen) atoms. The van der Waals surface area contributed by atoms with Crippen LogP contribution in [-0.2, 0) is 0 Å². The van der Waals surface area contributed by atoms with E-state index in [-0.39, 0.29) is 6.04 Å². The summed E-state index contributed by atoms with van der Waals surface area (Å²) < 4.78 is 11.0. The molecule has 0 aliphatic rings. The van der Waals surface area contributed by atoms with Crippen molar-refractivity contribution in [2.45, 2.75) is 19.9 Å². The summed E-state index contributed by atoms with van der Waals surface area (Å²) in [7, 11) is 0. The Kier molecular flexibility index (Phi) is 5.97. The summed E-state index contributed by atoms with van der Waals surface area (Å²) in [5.74, 6) is 0.632. The molecule has 0 N–H and O–H groups in total. The van der Waals surface area contributed by atoms with Crippen LogP contribution in [0.5, 0.6) is 0 Å². The van der Waals surface area contributed by atoms with Crippen LogP contribution in [0.4, 0.5) is 0 Å². The van der Waals surface area contributed by atoms with Gasteiger partial charge in [0, 0.05) is 33.5 Å². The number of hydrogen-bond acceptors (Lipinski definition) is 2. The normalized spacial score (nSPS) is 11.9. The molecule has 4 heteroatoms. The van der Waals surface area contributed by atoms with Crippen molar-refractivity contribution < 1.29 is 4.42 Å². The van der Waals surface area contributed by atoms with E-state index in [0.717, 1.165) is 22.4 Å². The summed E-state index contributed by atoms with van der Waals surface area (Å²) in [6.07, 6.45) is 0. The molecule has 0 spiro atoms. The molecule has 0 atom stereocenters. The molecule has 0 saturated heterocycles. The van der Waals surface area contributed by atoms with Gasteiger partial charge < -0.3 is 8.98 Å². The fraction of sp³-hybridized carbons (Fsp3) is 0.0714. The first-order valence-corrected chi connectivity index (χ1v) is 15.8. The lowest BCUT2D eigenvalue weighted by atomic mass is 10.0. The molecule has 0 bridgehead atoms. The molecule has 9 rings (SSSR count). The van der Waals surface area contributed by atoms with Crippen molar-refractivity contribution >= 4 is 43.9 Å². The average Bonchev–Trinajstić information content (AvgIpc) is 3.78. The van der Waals surface area contributed by atoms with Crippen molar-refractivity contribution in [3.05, 3.63) is 146 Å². The summed E-state index contributed by atoms with van der Waals surface area (Å²) in [5.41, 5.74) is 12.2. The molecule has 0 amide bonds. The SMILES string of the molecule is CC(C)n1c2ccc(-c3ccccc3)cc2c2c3cc(-c4ccccc4)ccc3n(-c3ccc(-c4nc5ccccc5o4)cc3)c21. The van der Waals surface area contributed by atoms with Gasteiger partial charge in [0.25, 0.3) is 0 Å². The number of nitrogens with zero attached hydrogens (tertiary/aromatic N) is 3. The predicted molar refractivity (Wildman–Crippen MR) is 191 cm³/mol. The van der Waals surface area contributed by atoms with E-state index in [4.69, 9.17) is 9.40 Å². The van der Waals surface area contributed by atoms with Gasteiger partial charge in [-0.1, -0.05) is 84.9 Å². The molecule has 0 aliphatic heterocycles. The number of rotatable bonds is 5. The van der Waals surface area contributed by atoms with Crippen molar-refractivity contribution in [1.29, 1.82) is 0 Å². The van der Waals surface area contributed by atoms with Crippen LogP contribution in [-0.4, -0.2) is 14.1 Å². The van der Waals surface area contributed by atoms with Crippen LogP contribution in [0.15, 0.2) is 150 Å². The van der Waals surface area contributed by atoms with Gasteiger partial charge in [0.05, 0.1) is 11.0 Å². The van der Waals surface area contributed by atoms with E-state index in [2.05, 4.69) is 144 Å². The molecular weight excluding hydrogens is 562 g/mol. The van der Waals surface area contributed by atoms with E-state index in [0.29, 0.717) is 5.89 Å². The topological polar surface area (TPSA) is 35.9 Å². The quantitative estimate of drug-likeness (QED) is 0.199. The van der Waals surface area contributed by atoms with Gasteiger partial charge in [-0.3, -0.25) is 4.57 Å². The van der Waals surface area contributed by atoms with Crippen molar-refractivity contribution in [3.63, 3.8) is 0 Å². The molecule has 0 saturated carbocycles. The number of aromatic nitrogens is 3. The largest absolute Gasteiger partial charge is 0.436 e. The molecule has 3 heterocycles. The van der Waals surface area contributed by atoms with Crippen molar-refractivity contribution in [2.75, 3.05) is 0 Å². The molecule has 3 aromatic heterocycles. The Morgan fingerprint density at radius 2 is 1.11 bits per heavy atom. The third-order valence-electron chi connectivity index (χ3n) is 9.09. The van der Waals surface area contributed by atoms with Gasteiger partial charge in [-0.05, 0) is 96.8 Å². The lowest BCUT2D eigenvalue weighted by Gasteiger charge is -2.16. The van der Waals surface area contributed by atoms with Crippen LogP contribution in [0.25, 0.3) is 83.3 Å². The van der Waals surface area contributed by atoms with Gasteiger partial charge in [0.2, 0.25) is 5.89 Å². The van der Waals surface area contributed by atoms with Crippen LogP contribution in [0, 0.1) is 0 Å². The van der Waals surface area contributed by atoms with Gasteiger partial charge in [-0.2, -0.15) is 0 Å². The maximum atomic E-state index is 6.10. The highest BCUT2D eigenvalue weighted by Gasteiger charge is 2.23. The van der Waals surface area contributed by atoms with Crippen LogP contribution in [0.2, 0.25) is 0 Å². The highest BCUT2D eigenvalue weighted by molar-refractivity contribution is 6.23. The van der Waals surface area contributed by atoms with E-state index < -0.39 is 0 Å². The molecule has 4 nitrogen and oxygen atoms in total. The van der Waals surface area contributed by atoms with E-state index in [9.17, 15) is 0 Å². The maximum Gasteiger partial charge on any atom is 0.227 e. The number of hydrogen-bond donors (Lipinski definition) is 0. The van der Waals surface area contributed by atoms with E-state index >= 15 is 0 Å². The molecule has 6 aromatic carbocycles. The minimum Gasteiger partial charge on any atom is -0.436 e. The number of para-hydroxylation sites is 2. The summed E-state index contributed by atoms with van der Waals surface area (Å²) in [6, 6.07) is 51.9. The van der Waals surface area contributed by atoms with E-state index in [1.54, 1.807) is 0 Å². The molecular formula is C42H31N3O. The molecule has 220 valence electrons. The summed E-state index contributed by atoms with van der Waals surface area (Å²) in [5, 5.41) is 3.79. The highest BCUT2D eigenvalue weighted by Crippen LogP contribution is 2.43. The second-order valence-corrected chi connectivity index (χ2v) is 12.2. The number of oxazole rings is 1. The van der Waals surface area contributed by atoms with Crippen LogP contribution in [0.1, 0.15) is 19.9 Å². The molecule has 0 aliphatic carbocycles. The Hall–Kier alpha value is -5.87.